The van der Waals surface area contributed by atoms with Crippen molar-refractivity contribution < 1.29 is 4.74 Å². The van der Waals surface area contributed by atoms with Crippen LogP contribution < -0.4 is 10.2 Å². The summed E-state index contributed by atoms with van der Waals surface area (Å²) < 4.78 is 9.73. The molecule has 1 aliphatic rings. The summed E-state index contributed by atoms with van der Waals surface area (Å²) in [4.78, 5) is 13.6. The molecule has 0 bridgehead atoms. The van der Waals surface area contributed by atoms with Crippen molar-refractivity contribution in [3.05, 3.63) is 5.82 Å². The Balaban J connectivity index is 0.00000288. The number of hydrogen-bond donors (Lipinski definition) is 1. The van der Waals surface area contributed by atoms with E-state index in [1.807, 2.05) is 14.0 Å². The first-order valence-electron chi connectivity index (χ1n) is 8.39. The van der Waals surface area contributed by atoms with Gasteiger partial charge in [-0.2, -0.15) is 4.37 Å². The number of guanidine groups is 1. The maximum absolute atomic E-state index is 5.36. The van der Waals surface area contributed by atoms with Crippen LogP contribution in [0.2, 0.25) is 0 Å². The van der Waals surface area contributed by atoms with Crippen LogP contribution in [-0.4, -0.2) is 73.2 Å². The summed E-state index contributed by atoms with van der Waals surface area (Å²) >= 11 is 1.50. The highest BCUT2D eigenvalue weighted by Crippen LogP contribution is 2.19. The van der Waals surface area contributed by atoms with Gasteiger partial charge in [0, 0.05) is 70.9 Å². The van der Waals surface area contributed by atoms with Gasteiger partial charge < -0.3 is 19.9 Å². The number of aromatic nitrogens is 2. The van der Waals surface area contributed by atoms with Gasteiger partial charge in [-0.1, -0.05) is 6.92 Å². The summed E-state index contributed by atoms with van der Waals surface area (Å²) in [6.07, 6.45) is 1.90. The Morgan fingerprint density at radius 2 is 2.04 bits per heavy atom. The maximum atomic E-state index is 5.36. The van der Waals surface area contributed by atoms with Gasteiger partial charge in [-0.15, -0.1) is 24.0 Å². The molecule has 1 fully saturated rings. The van der Waals surface area contributed by atoms with Gasteiger partial charge in [0.2, 0.25) is 5.13 Å². The minimum Gasteiger partial charge on any atom is -0.382 e. The zero-order chi connectivity index (χ0) is 16.5. The first-order chi connectivity index (χ1) is 11.3. The minimum atomic E-state index is 0. The quantitative estimate of drug-likeness (QED) is 0.285. The van der Waals surface area contributed by atoms with E-state index in [-0.39, 0.29) is 24.0 Å². The molecule has 24 heavy (non-hydrogen) atoms. The van der Waals surface area contributed by atoms with Gasteiger partial charge in [-0.3, -0.25) is 4.99 Å². The summed E-state index contributed by atoms with van der Waals surface area (Å²) in [6, 6.07) is 0. The van der Waals surface area contributed by atoms with Crippen LogP contribution in [0.1, 0.15) is 26.1 Å². The van der Waals surface area contributed by atoms with Crippen LogP contribution >= 0.6 is 35.5 Å². The third-order valence-electron chi connectivity index (χ3n) is 3.79. The van der Waals surface area contributed by atoms with Crippen LogP contribution in [0.5, 0.6) is 0 Å². The van der Waals surface area contributed by atoms with E-state index < -0.39 is 0 Å². The van der Waals surface area contributed by atoms with E-state index in [9.17, 15) is 0 Å². The first kappa shape index (κ1) is 21.4. The van der Waals surface area contributed by atoms with Crippen LogP contribution in [0.3, 0.4) is 0 Å². The monoisotopic (exact) mass is 468 g/mol. The summed E-state index contributed by atoms with van der Waals surface area (Å²) in [7, 11) is 1.84. The number of ether oxygens (including phenoxy) is 1. The number of piperazine rings is 1. The molecule has 0 spiro atoms. The number of anilines is 1. The molecule has 1 saturated heterocycles. The second-order valence-electron chi connectivity index (χ2n) is 5.35. The molecule has 2 heterocycles. The van der Waals surface area contributed by atoms with E-state index in [1.165, 1.54) is 11.5 Å². The molecule has 7 nitrogen and oxygen atoms in total. The lowest BCUT2D eigenvalue weighted by molar-refractivity contribution is 0.145. The molecule has 2 rings (SSSR count). The number of aliphatic imine (C=N–C) groups is 1. The summed E-state index contributed by atoms with van der Waals surface area (Å²) in [5.41, 5.74) is 0. The Bertz CT molecular complexity index is 490. The zero-order valence-electron chi connectivity index (χ0n) is 14.8. The lowest BCUT2D eigenvalue weighted by Crippen LogP contribution is -2.52. The second kappa shape index (κ2) is 11.8. The topological polar surface area (TPSA) is 65.9 Å². The number of nitrogens with zero attached hydrogens (tertiary/aromatic N) is 5. The fraction of sp³-hybridized carbons (Fsp3) is 0.800. The van der Waals surface area contributed by atoms with Gasteiger partial charge in [0.15, 0.2) is 5.96 Å². The smallest absolute Gasteiger partial charge is 0.205 e. The molecule has 1 aromatic heterocycles. The Morgan fingerprint density at radius 3 is 2.62 bits per heavy atom. The lowest BCUT2D eigenvalue weighted by atomic mass is 10.3. The van der Waals surface area contributed by atoms with Crippen molar-refractivity contribution >= 4 is 46.6 Å². The third-order valence-corrected chi connectivity index (χ3v) is 4.60. The van der Waals surface area contributed by atoms with Crippen molar-refractivity contribution in [2.24, 2.45) is 4.99 Å². The maximum Gasteiger partial charge on any atom is 0.205 e. The van der Waals surface area contributed by atoms with Crippen molar-refractivity contribution in [2.45, 2.75) is 26.7 Å². The number of aryl methyl sites for hydroxylation is 1. The Morgan fingerprint density at radius 1 is 1.29 bits per heavy atom. The molecule has 0 saturated carbocycles. The molecule has 1 N–H and O–H groups in total. The zero-order valence-corrected chi connectivity index (χ0v) is 18.0. The van der Waals surface area contributed by atoms with Gasteiger partial charge in [0.05, 0.1) is 0 Å². The number of nitrogens with one attached hydrogen (secondary N) is 1. The molecular weight excluding hydrogens is 439 g/mol. The standard InChI is InChI=1S/C15H28N6OS.HI/c1-4-13-18-15(23-19-13)21-10-8-20(9-11-21)14(16-3)17-7-6-12-22-5-2;/h4-12H2,1-3H3,(H,16,17);1H. The normalized spacial score (nSPS) is 15.4. The average Bonchev–Trinajstić information content (AvgIpc) is 3.08. The SMILES string of the molecule is CCOCCCNC(=NC)N1CCN(c2nc(CC)ns2)CC1.I. The van der Waals surface area contributed by atoms with Crippen LogP contribution in [0.15, 0.2) is 4.99 Å². The molecule has 1 aromatic rings. The fourth-order valence-corrected chi connectivity index (χ4v) is 3.28. The van der Waals surface area contributed by atoms with Crippen LogP contribution in [0.25, 0.3) is 0 Å². The van der Waals surface area contributed by atoms with Crippen molar-refractivity contribution in [3.8, 4) is 0 Å². The van der Waals surface area contributed by atoms with Gasteiger partial charge in [-0.05, 0) is 13.3 Å². The van der Waals surface area contributed by atoms with Gasteiger partial charge in [0.25, 0.3) is 0 Å². The second-order valence-corrected chi connectivity index (χ2v) is 6.08. The molecule has 1 aliphatic heterocycles. The van der Waals surface area contributed by atoms with Crippen molar-refractivity contribution in [1.29, 1.82) is 0 Å². The molecule has 138 valence electrons. The largest absolute Gasteiger partial charge is 0.382 e. The molecule has 0 unspecified atom stereocenters. The lowest BCUT2D eigenvalue weighted by Gasteiger charge is -2.36. The van der Waals surface area contributed by atoms with Crippen LogP contribution in [0.4, 0.5) is 5.13 Å². The van der Waals surface area contributed by atoms with E-state index >= 15 is 0 Å². The highest BCUT2D eigenvalue weighted by molar-refractivity contribution is 14.0. The molecule has 0 aromatic carbocycles. The van der Waals surface area contributed by atoms with Gasteiger partial charge in [0.1, 0.15) is 5.82 Å². The predicted octanol–water partition coefficient (Wildman–Crippen LogP) is 1.84. The molecule has 0 radical (unpaired) electrons. The van der Waals surface area contributed by atoms with E-state index in [0.29, 0.717) is 0 Å². The van der Waals surface area contributed by atoms with Gasteiger partial charge >= 0.3 is 0 Å². The van der Waals surface area contributed by atoms with Crippen LogP contribution in [-0.2, 0) is 11.2 Å². The Kier molecular flexibility index (Phi) is 10.5. The molecule has 9 heteroatoms. The van der Waals surface area contributed by atoms with Gasteiger partial charge in [-0.25, -0.2) is 4.98 Å². The predicted molar refractivity (Wildman–Crippen MR) is 111 cm³/mol. The van der Waals surface area contributed by atoms with Crippen LogP contribution in [0, 0.1) is 0 Å². The van der Waals surface area contributed by atoms with E-state index in [1.54, 1.807) is 0 Å². The summed E-state index contributed by atoms with van der Waals surface area (Å²) in [5, 5.41) is 4.46. The van der Waals surface area contributed by atoms with Crippen molar-refractivity contribution in [3.63, 3.8) is 0 Å². The highest BCUT2D eigenvalue weighted by atomic mass is 127. The summed E-state index contributed by atoms with van der Waals surface area (Å²) in [5.74, 6) is 1.92. The minimum absolute atomic E-state index is 0. The first-order valence-corrected chi connectivity index (χ1v) is 9.16. The third kappa shape index (κ3) is 6.32. The molecular formula is C15H29IN6OS. The van der Waals surface area contributed by atoms with Crippen molar-refractivity contribution in [2.75, 3.05) is 57.9 Å². The molecule has 0 atom stereocenters. The number of hydrogen-bond acceptors (Lipinski definition) is 6. The molecule has 0 amide bonds. The Labute approximate surface area is 166 Å². The number of rotatable bonds is 7. The van der Waals surface area contributed by atoms with E-state index in [0.717, 1.165) is 75.7 Å². The van der Waals surface area contributed by atoms with E-state index in [4.69, 9.17) is 4.74 Å². The number of halogens is 1. The highest BCUT2D eigenvalue weighted by Gasteiger charge is 2.21. The average molecular weight is 468 g/mol. The summed E-state index contributed by atoms with van der Waals surface area (Å²) in [6.45, 7) is 10.4. The molecule has 0 aliphatic carbocycles. The fourth-order valence-electron chi connectivity index (χ4n) is 2.48. The van der Waals surface area contributed by atoms with E-state index in [2.05, 4.69) is 36.4 Å². The Hall–Kier alpha value is -0.680. The van der Waals surface area contributed by atoms with Crippen molar-refractivity contribution in [1.82, 2.24) is 19.6 Å².